The number of methoxy groups -OCH3 is 1. The molecular weight excluding hydrogens is 204 g/mol. The predicted octanol–water partition coefficient (Wildman–Crippen LogP) is 2.36. The lowest BCUT2D eigenvalue weighted by Gasteiger charge is -2.11. The van der Waals surface area contributed by atoms with Crippen LogP contribution in [0.1, 0.15) is 18.1 Å². The first-order valence-electron chi connectivity index (χ1n) is 5.15. The van der Waals surface area contributed by atoms with Gasteiger partial charge < -0.3 is 9.84 Å². The maximum Gasteiger partial charge on any atom is 0.328 e. The summed E-state index contributed by atoms with van der Waals surface area (Å²) in [6.07, 6.45) is 3.66. The number of carboxylic acid groups (broad SMARTS) is 1. The lowest BCUT2D eigenvalue weighted by atomic mass is 10.0. The monoisotopic (exact) mass is 220 g/mol. The van der Waals surface area contributed by atoms with Gasteiger partial charge in [-0.1, -0.05) is 24.3 Å². The Morgan fingerprint density at radius 1 is 1.50 bits per heavy atom. The van der Waals surface area contributed by atoms with Gasteiger partial charge in [0.05, 0.1) is 6.10 Å². The molecule has 0 amide bonds. The number of carboxylic acids is 1. The van der Waals surface area contributed by atoms with Crippen molar-refractivity contribution in [1.29, 1.82) is 0 Å². The summed E-state index contributed by atoms with van der Waals surface area (Å²) in [4.78, 5) is 10.5. The van der Waals surface area contributed by atoms with Crippen molar-refractivity contribution in [3.05, 3.63) is 41.5 Å². The first-order valence-corrected chi connectivity index (χ1v) is 5.15. The smallest absolute Gasteiger partial charge is 0.328 e. The van der Waals surface area contributed by atoms with Crippen molar-refractivity contribution >= 4 is 12.0 Å². The average molecular weight is 220 g/mol. The van der Waals surface area contributed by atoms with E-state index in [1.54, 1.807) is 13.2 Å². The molecule has 0 aromatic heterocycles. The molecule has 3 heteroatoms. The van der Waals surface area contributed by atoms with Crippen LogP contribution in [-0.2, 0) is 16.0 Å². The van der Waals surface area contributed by atoms with E-state index in [9.17, 15) is 4.79 Å². The zero-order valence-electron chi connectivity index (χ0n) is 9.51. The van der Waals surface area contributed by atoms with Gasteiger partial charge in [0.25, 0.3) is 0 Å². The van der Waals surface area contributed by atoms with Crippen LogP contribution in [-0.4, -0.2) is 24.3 Å². The number of carbonyl (C=O) groups is 1. The third-order valence-corrected chi connectivity index (χ3v) is 2.37. The molecule has 1 aromatic rings. The molecule has 1 N–H and O–H groups in total. The van der Waals surface area contributed by atoms with Crippen molar-refractivity contribution in [2.75, 3.05) is 7.11 Å². The zero-order chi connectivity index (χ0) is 12.0. The van der Waals surface area contributed by atoms with Crippen molar-refractivity contribution in [3.8, 4) is 0 Å². The fourth-order valence-corrected chi connectivity index (χ4v) is 1.44. The maximum atomic E-state index is 10.5. The molecule has 0 aliphatic rings. The van der Waals surface area contributed by atoms with Gasteiger partial charge in [-0.3, -0.25) is 0 Å². The molecule has 1 unspecified atom stereocenters. The van der Waals surface area contributed by atoms with Crippen molar-refractivity contribution < 1.29 is 14.6 Å². The molecule has 0 saturated carbocycles. The van der Waals surface area contributed by atoms with Gasteiger partial charge in [-0.15, -0.1) is 0 Å². The third kappa shape index (κ3) is 3.87. The first-order chi connectivity index (χ1) is 7.63. The van der Waals surface area contributed by atoms with Crippen LogP contribution >= 0.6 is 0 Å². The Kier molecular flexibility index (Phi) is 4.73. The highest BCUT2D eigenvalue weighted by atomic mass is 16.5. The van der Waals surface area contributed by atoms with Crippen LogP contribution in [0.5, 0.6) is 0 Å². The second-order valence-electron chi connectivity index (χ2n) is 3.62. The minimum atomic E-state index is -0.936. The Labute approximate surface area is 95.4 Å². The standard InChI is InChI=1S/C13H16O3/c1-10(16-2)9-12-6-4-3-5-11(12)7-8-13(14)15/h3-8,10H,9H2,1-2H3,(H,14,15)/b8-7+. The predicted molar refractivity (Wildman–Crippen MR) is 63.3 cm³/mol. The largest absolute Gasteiger partial charge is 0.478 e. The molecule has 16 heavy (non-hydrogen) atoms. The van der Waals surface area contributed by atoms with E-state index < -0.39 is 5.97 Å². The highest BCUT2D eigenvalue weighted by Gasteiger charge is 2.04. The van der Waals surface area contributed by atoms with Crippen molar-refractivity contribution in [3.63, 3.8) is 0 Å². The van der Waals surface area contributed by atoms with Crippen molar-refractivity contribution in [2.45, 2.75) is 19.4 Å². The minimum Gasteiger partial charge on any atom is -0.478 e. The summed E-state index contributed by atoms with van der Waals surface area (Å²) >= 11 is 0. The molecule has 86 valence electrons. The molecule has 0 saturated heterocycles. The molecule has 1 atom stereocenters. The Bertz CT molecular complexity index is 383. The molecule has 0 aliphatic heterocycles. The molecule has 0 heterocycles. The van der Waals surface area contributed by atoms with Crippen LogP contribution in [0.15, 0.2) is 30.3 Å². The summed E-state index contributed by atoms with van der Waals surface area (Å²) in [7, 11) is 1.67. The van der Waals surface area contributed by atoms with Gasteiger partial charge in [-0.05, 0) is 30.5 Å². The Hall–Kier alpha value is -1.61. The minimum absolute atomic E-state index is 0.124. The van der Waals surface area contributed by atoms with E-state index in [2.05, 4.69) is 0 Å². The van der Waals surface area contributed by atoms with E-state index in [1.807, 2.05) is 31.2 Å². The van der Waals surface area contributed by atoms with Crippen LogP contribution in [0.4, 0.5) is 0 Å². The van der Waals surface area contributed by atoms with E-state index >= 15 is 0 Å². The molecule has 1 aromatic carbocycles. The number of ether oxygens (including phenoxy) is 1. The lowest BCUT2D eigenvalue weighted by molar-refractivity contribution is -0.131. The second kappa shape index (κ2) is 6.08. The second-order valence-corrected chi connectivity index (χ2v) is 3.62. The van der Waals surface area contributed by atoms with Crippen LogP contribution < -0.4 is 0 Å². The highest BCUT2D eigenvalue weighted by Crippen LogP contribution is 2.13. The molecule has 0 aliphatic carbocycles. The first kappa shape index (κ1) is 12.5. The molecule has 3 nitrogen and oxygen atoms in total. The Balaban J connectivity index is 2.87. The van der Waals surface area contributed by atoms with E-state index in [-0.39, 0.29) is 6.10 Å². The number of hydrogen-bond donors (Lipinski definition) is 1. The van der Waals surface area contributed by atoms with Crippen LogP contribution in [0.2, 0.25) is 0 Å². The third-order valence-electron chi connectivity index (χ3n) is 2.37. The van der Waals surface area contributed by atoms with Gasteiger partial charge in [-0.25, -0.2) is 4.79 Å². The SMILES string of the molecule is COC(C)Cc1ccccc1/C=C/C(=O)O. The molecule has 0 radical (unpaired) electrons. The van der Waals surface area contributed by atoms with Gasteiger partial charge in [0.1, 0.15) is 0 Å². The van der Waals surface area contributed by atoms with E-state index in [1.165, 1.54) is 0 Å². The fraction of sp³-hybridized carbons (Fsp3) is 0.308. The van der Waals surface area contributed by atoms with Gasteiger partial charge in [-0.2, -0.15) is 0 Å². The number of aliphatic carboxylic acids is 1. The Morgan fingerprint density at radius 3 is 2.81 bits per heavy atom. The fourth-order valence-electron chi connectivity index (χ4n) is 1.44. The van der Waals surface area contributed by atoms with Gasteiger partial charge in [0, 0.05) is 13.2 Å². The summed E-state index contributed by atoms with van der Waals surface area (Å²) in [5.74, 6) is -0.936. The summed E-state index contributed by atoms with van der Waals surface area (Å²) in [6, 6.07) is 7.71. The van der Waals surface area contributed by atoms with E-state index in [0.29, 0.717) is 0 Å². The van der Waals surface area contributed by atoms with Crippen molar-refractivity contribution in [1.82, 2.24) is 0 Å². The van der Waals surface area contributed by atoms with Gasteiger partial charge >= 0.3 is 5.97 Å². The highest BCUT2D eigenvalue weighted by molar-refractivity contribution is 5.85. The number of rotatable bonds is 5. The Morgan fingerprint density at radius 2 is 2.19 bits per heavy atom. The summed E-state index contributed by atoms with van der Waals surface area (Å²) in [6.45, 7) is 1.98. The van der Waals surface area contributed by atoms with Gasteiger partial charge in [0.2, 0.25) is 0 Å². The van der Waals surface area contributed by atoms with Gasteiger partial charge in [0.15, 0.2) is 0 Å². The lowest BCUT2D eigenvalue weighted by Crippen LogP contribution is -2.09. The van der Waals surface area contributed by atoms with E-state index in [4.69, 9.17) is 9.84 Å². The number of benzene rings is 1. The number of hydrogen-bond acceptors (Lipinski definition) is 2. The molecular formula is C13H16O3. The van der Waals surface area contributed by atoms with Crippen LogP contribution in [0.25, 0.3) is 6.08 Å². The summed E-state index contributed by atoms with van der Waals surface area (Å²) in [5.41, 5.74) is 2.02. The molecule has 0 bridgehead atoms. The zero-order valence-corrected chi connectivity index (χ0v) is 9.51. The molecule has 0 fully saturated rings. The molecule has 0 spiro atoms. The topological polar surface area (TPSA) is 46.5 Å². The quantitative estimate of drug-likeness (QED) is 0.775. The van der Waals surface area contributed by atoms with Crippen molar-refractivity contribution in [2.24, 2.45) is 0 Å². The summed E-state index contributed by atoms with van der Waals surface area (Å²) < 4.78 is 5.19. The van der Waals surface area contributed by atoms with E-state index in [0.717, 1.165) is 23.6 Å². The maximum absolute atomic E-state index is 10.5. The normalized spacial score (nSPS) is 12.9. The summed E-state index contributed by atoms with van der Waals surface area (Å²) in [5, 5.41) is 8.58. The van der Waals surface area contributed by atoms with Crippen LogP contribution in [0, 0.1) is 0 Å². The molecule has 1 rings (SSSR count). The average Bonchev–Trinajstić information content (AvgIpc) is 2.27. The van der Waals surface area contributed by atoms with Crippen LogP contribution in [0.3, 0.4) is 0 Å².